The van der Waals surface area contributed by atoms with E-state index in [1.54, 1.807) is 19.0 Å². The molecule has 20 heavy (non-hydrogen) atoms. The second-order valence-electron chi connectivity index (χ2n) is 5.50. The van der Waals surface area contributed by atoms with Crippen LogP contribution in [-0.2, 0) is 4.74 Å². The number of rotatable bonds is 4. The Morgan fingerprint density at radius 3 is 2.65 bits per heavy atom. The Kier molecular flexibility index (Phi) is 4.88. The summed E-state index contributed by atoms with van der Waals surface area (Å²) < 4.78 is 5.38. The minimum Gasteiger partial charge on any atom is -0.397 e. The molecule has 0 spiro atoms. The maximum absolute atomic E-state index is 12.0. The van der Waals surface area contributed by atoms with Crippen molar-refractivity contribution < 1.29 is 9.53 Å². The molecule has 0 bridgehead atoms. The summed E-state index contributed by atoms with van der Waals surface area (Å²) in [5, 5.41) is 1.05. The Hall–Kier alpha value is -1.27. The van der Waals surface area contributed by atoms with E-state index in [0.29, 0.717) is 16.5 Å². The zero-order chi connectivity index (χ0) is 14.7. The van der Waals surface area contributed by atoms with Crippen LogP contribution in [0.1, 0.15) is 22.5 Å². The normalized spacial score (nSPS) is 16.1. The van der Waals surface area contributed by atoms with E-state index in [-0.39, 0.29) is 5.91 Å². The number of thiophene rings is 1. The van der Waals surface area contributed by atoms with E-state index in [1.807, 2.05) is 6.07 Å². The van der Waals surface area contributed by atoms with Crippen LogP contribution in [-0.4, -0.2) is 51.7 Å². The fourth-order valence-corrected chi connectivity index (χ4v) is 3.43. The summed E-state index contributed by atoms with van der Waals surface area (Å²) >= 11 is 1.47. The van der Waals surface area contributed by atoms with Crippen LogP contribution >= 0.6 is 11.3 Å². The fraction of sp³-hybridized carbons (Fsp3) is 0.643. The molecule has 6 heteroatoms. The number of carbonyl (C=O) groups is 1. The van der Waals surface area contributed by atoms with E-state index in [1.165, 1.54) is 11.3 Å². The van der Waals surface area contributed by atoms with Gasteiger partial charge >= 0.3 is 0 Å². The Morgan fingerprint density at radius 1 is 1.40 bits per heavy atom. The highest BCUT2D eigenvalue weighted by molar-refractivity contribution is 7.18. The summed E-state index contributed by atoms with van der Waals surface area (Å²) in [6.45, 7) is 2.70. The zero-order valence-corrected chi connectivity index (χ0v) is 13.2. The van der Waals surface area contributed by atoms with Crippen LogP contribution in [0.3, 0.4) is 0 Å². The van der Waals surface area contributed by atoms with Crippen LogP contribution in [0, 0.1) is 5.92 Å². The number of anilines is 2. The Balaban J connectivity index is 2.04. The molecule has 1 amide bonds. The van der Waals surface area contributed by atoms with Gasteiger partial charge in [-0.2, -0.15) is 0 Å². The Morgan fingerprint density at radius 2 is 2.05 bits per heavy atom. The molecular weight excluding hydrogens is 274 g/mol. The molecule has 1 aliphatic rings. The average molecular weight is 297 g/mol. The van der Waals surface area contributed by atoms with Crippen LogP contribution in [0.4, 0.5) is 10.7 Å². The lowest BCUT2D eigenvalue weighted by molar-refractivity contribution is 0.0685. The first kappa shape index (κ1) is 15.1. The molecule has 1 aliphatic heterocycles. The molecule has 1 aromatic heterocycles. The number of amides is 1. The van der Waals surface area contributed by atoms with E-state index in [4.69, 9.17) is 10.5 Å². The highest BCUT2D eigenvalue weighted by atomic mass is 32.1. The van der Waals surface area contributed by atoms with Gasteiger partial charge in [0.2, 0.25) is 0 Å². The number of carbonyl (C=O) groups excluding carboxylic acids is 1. The van der Waals surface area contributed by atoms with Crippen molar-refractivity contribution in [2.24, 2.45) is 5.92 Å². The largest absolute Gasteiger partial charge is 0.397 e. The van der Waals surface area contributed by atoms with Gasteiger partial charge in [-0.05, 0) is 24.8 Å². The van der Waals surface area contributed by atoms with Gasteiger partial charge in [-0.3, -0.25) is 4.79 Å². The average Bonchev–Trinajstić information content (AvgIpc) is 2.81. The van der Waals surface area contributed by atoms with Crippen molar-refractivity contribution in [1.82, 2.24) is 4.90 Å². The van der Waals surface area contributed by atoms with E-state index >= 15 is 0 Å². The van der Waals surface area contributed by atoms with Crippen LogP contribution in [0.2, 0.25) is 0 Å². The predicted octanol–water partition coefficient (Wildman–Crippen LogP) is 1.89. The Labute approximate surface area is 124 Å². The lowest BCUT2D eigenvalue weighted by Crippen LogP contribution is -2.29. The molecule has 0 aromatic carbocycles. The second-order valence-corrected chi connectivity index (χ2v) is 6.54. The van der Waals surface area contributed by atoms with Crippen molar-refractivity contribution in [3.8, 4) is 0 Å². The molecule has 2 rings (SSSR count). The third kappa shape index (κ3) is 3.43. The molecule has 112 valence electrons. The number of hydrogen-bond acceptors (Lipinski definition) is 5. The van der Waals surface area contributed by atoms with Crippen molar-refractivity contribution in [3.63, 3.8) is 0 Å². The molecule has 1 fully saturated rings. The summed E-state index contributed by atoms with van der Waals surface area (Å²) in [5.41, 5.74) is 6.54. The molecule has 0 atom stereocenters. The number of nitrogens with two attached hydrogens (primary N) is 1. The molecule has 2 heterocycles. The summed E-state index contributed by atoms with van der Waals surface area (Å²) in [6, 6.07) is 1.90. The fourth-order valence-electron chi connectivity index (χ4n) is 2.36. The molecular formula is C14H23N3O2S. The van der Waals surface area contributed by atoms with Crippen LogP contribution in [0.15, 0.2) is 6.07 Å². The topological polar surface area (TPSA) is 58.8 Å². The molecule has 1 aromatic rings. The van der Waals surface area contributed by atoms with Gasteiger partial charge in [0, 0.05) is 40.9 Å². The van der Waals surface area contributed by atoms with Gasteiger partial charge in [0.25, 0.3) is 5.91 Å². The standard InChI is InChI=1S/C14H23N3O2S/c1-16(2)14(18)13-11(15)8-12(20-13)17(3)9-10-4-6-19-7-5-10/h8,10H,4-7,9,15H2,1-3H3. The summed E-state index contributed by atoms with van der Waals surface area (Å²) in [4.78, 5) is 16.4. The lowest BCUT2D eigenvalue weighted by atomic mass is 10.00. The third-order valence-electron chi connectivity index (χ3n) is 3.60. The monoisotopic (exact) mass is 297 g/mol. The number of nitrogen functional groups attached to an aromatic ring is 1. The molecule has 2 N–H and O–H groups in total. The van der Waals surface area contributed by atoms with E-state index < -0.39 is 0 Å². The Bertz CT molecular complexity index is 467. The van der Waals surface area contributed by atoms with Crippen molar-refractivity contribution in [2.45, 2.75) is 12.8 Å². The van der Waals surface area contributed by atoms with E-state index in [2.05, 4.69) is 11.9 Å². The smallest absolute Gasteiger partial charge is 0.265 e. The van der Waals surface area contributed by atoms with Crippen molar-refractivity contribution in [3.05, 3.63) is 10.9 Å². The quantitative estimate of drug-likeness (QED) is 0.922. The third-order valence-corrected chi connectivity index (χ3v) is 4.85. The van der Waals surface area contributed by atoms with Gasteiger partial charge in [-0.15, -0.1) is 11.3 Å². The molecule has 0 saturated carbocycles. The van der Waals surface area contributed by atoms with Crippen molar-refractivity contribution in [1.29, 1.82) is 0 Å². The first-order valence-corrected chi connectivity index (χ1v) is 7.70. The molecule has 1 saturated heterocycles. The van der Waals surface area contributed by atoms with Crippen LogP contribution < -0.4 is 10.6 Å². The van der Waals surface area contributed by atoms with Gasteiger partial charge in [-0.1, -0.05) is 0 Å². The highest BCUT2D eigenvalue weighted by Crippen LogP contribution is 2.33. The molecule has 0 unspecified atom stereocenters. The number of hydrogen-bond donors (Lipinski definition) is 1. The summed E-state index contributed by atoms with van der Waals surface area (Å²) in [7, 11) is 5.55. The van der Waals surface area contributed by atoms with E-state index in [9.17, 15) is 4.79 Å². The summed E-state index contributed by atoms with van der Waals surface area (Å²) in [6.07, 6.45) is 2.21. The van der Waals surface area contributed by atoms with Gasteiger partial charge in [0.05, 0.1) is 10.7 Å². The first-order valence-electron chi connectivity index (χ1n) is 6.89. The SMILES string of the molecule is CN(C)C(=O)c1sc(N(C)CC2CCOCC2)cc1N. The van der Waals surface area contributed by atoms with Gasteiger partial charge in [0.1, 0.15) is 4.88 Å². The van der Waals surface area contributed by atoms with Crippen molar-refractivity contribution >= 4 is 27.9 Å². The minimum absolute atomic E-state index is 0.0294. The minimum atomic E-state index is -0.0294. The van der Waals surface area contributed by atoms with Gasteiger partial charge in [-0.25, -0.2) is 0 Å². The van der Waals surface area contributed by atoms with Crippen LogP contribution in [0.5, 0.6) is 0 Å². The number of nitrogens with zero attached hydrogens (tertiary/aromatic N) is 2. The van der Waals surface area contributed by atoms with Gasteiger partial charge in [0.15, 0.2) is 0 Å². The first-order chi connectivity index (χ1) is 9.49. The second kappa shape index (κ2) is 6.45. The van der Waals surface area contributed by atoms with Crippen molar-refractivity contribution in [2.75, 3.05) is 51.5 Å². The zero-order valence-electron chi connectivity index (χ0n) is 12.4. The van der Waals surface area contributed by atoms with E-state index in [0.717, 1.165) is 37.6 Å². The summed E-state index contributed by atoms with van der Waals surface area (Å²) in [5.74, 6) is 0.628. The molecule has 0 radical (unpaired) electrons. The van der Waals surface area contributed by atoms with Crippen LogP contribution in [0.25, 0.3) is 0 Å². The highest BCUT2D eigenvalue weighted by Gasteiger charge is 2.20. The number of ether oxygens (including phenoxy) is 1. The van der Waals surface area contributed by atoms with Gasteiger partial charge < -0.3 is 20.3 Å². The predicted molar refractivity (Wildman–Crippen MR) is 83.6 cm³/mol. The molecule has 0 aliphatic carbocycles. The maximum atomic E-state index is 12.0. The lowest BCUT2D eigenvalue weighted by Gasteiger charge is -2.27. The molecule has 5 nitrogen and oxygen atoms in total. The maximum Gasteiger partial charge on any atom is 0.265 e.